The summed E-state index contributed by atoms with van der Waals surface area (Å²) in [6.07, 6.45) is 8.91. The zero-order valence-electron chi connectivity index (χ0n) is 10.3. The van der Waals surface area contributed by atoms with E-state index in [0.717, 1.165) is 19.3 Å². The Morgan fingerprint density at radius 2 is 2.07 bits per heavy atom. The van der Waals surface area contributed by atoms with Gasteiger partial charge in [-0.1, -0.05) is 46.1 Å². The molecule has 0 fully saturated rings. The minimum atomic E-state index is -0.202. The molecule has 0 aromatic heterocycles. The molecule has 0 aliphatic heterocycles. The van der Waals surface area contributed by atoms with Crippen LogP contribution in [0.3, 0.4) is 0 Å². The molecule has 0 bridgehead atoms. The Bertz CT molecular complexity index is 185. The third-order valence-corrected chi connectivity index (χ3v) is 2.49. The average Bonchev–Trinajstić information content (AvgIpc) is 2.26. The number of carbonyl (C=O) groups excluding carboxylic acids is 1. The fraction of sp³-hybridized carbons (Fsp3) is 0.769. The van der Waals surface area contributed by atoms with Crippen molar-refractivity contribution in [2.75, 3.05) is 6.61 Å². The summed E-state index contributed by atoms with van der Waals surface area (Å²) < 4.78 is 5.17. The molecule has 1 atom stereocenters. The van der Waals surface area contributed by atoms with Crippen LogP contribution in [0.2, 0.25) is 0 Å². The Balaban J connectivity index is 3.69. The van der Waals surface area contributed by atoms with Gasteiger partial charge >= 0.3 is 5.97 Å². The van der Waals surface area contributed by atoms with Crippen molar-refractivity contribution in [1.29, 1.82) is 0 Å². The first-order chi connectivity index (χ1) is 7.24. The van der Waals surface area contributed by atoms with Gasteiger partial charge in [-0.3, -0.25) is 0 Å². The predicted molar refractivity (Wildman–Crippen MR) is 63.7 cm³/mol. The van der Waals surface area contributed by atoms with Crippen LogP contribution in [-0.4, -0.2) is 12.6 Å². The molecule has 0 radical (unpaired) electrons. The largest absolute Gasteiger partial charge is 0.462 e. The maximum absolute atomic E-state index is 11.2. The van der Waals surface area contributed by atoms with Crippen molar-refractivity contribution in [1.82, 2.24) is 0 Å². The Hall–Kier alpha value is -0.790. The second kappa shape index (κ2) is 9.75. The Morgan fingerprint density at radius 3 is 2.60 bits per heavy atom. The Morgan fingerprint density at radius 1 is 1.33 bits per heavy atom. The smallest absolute Gasteiger partial charge is 0.330 e. The van der Waals surface area contributed by atoms with E-state index in [1.807, 2.05) is 13.0 Å². The summed E-state index contributed by atoms with van der Waals surface area (Å²) in [5.74, 6) is 0.329. The summed E-state index contributed by atoms with van der Waals surface area (Å²) in [4.78, 5) is 11.2. The van der Waals surface area contributed by atoms with Gasteiger partial charge in [-0.25, -0.2) is 4.79 Å². The minimum absolute atomic E-state index is 0.202. The first-order valence-corrected chi connectivity index (χ1v) is 6.07. The fourth-order valence-corrected chi connectivity index (χ4v) is 1.36. The molecule has 0 aliphatic carbocycles. The van der Waals surface area contributed by atoms with Crippen LogP contribution in [0.4, 0.5) is 0 Å². The quantitative estimate of drug-likeness (QED) is 0.453. The maximum Gasteiger partial charge on any atom is 0.330 e. The highest BCUT2D eigenvalue weighted by atomic mass is 16.5. The van der Waals surface area contributed by atoms with Crippen LogP contribution < -0.4 is 0 Å². The summed E-state index contributed by atoms with van der Waals surface area (Å²) in [5.41, 5.74) is 0. The van der Waals surface area contributed by atoms with E-state index in [1.54, 1.807) is 0 Å². The molecule has 0 saturated heterocycles. The lowest BCUT2D eigenvalue weighted by Crippen LogP contribution is -2.12. The van der Waals surface area contributed by atoms with Crippen molar-refractivity contribution >= 4 is 5.97 Å². The summed E-state index contributed by atoms with van der Waals surface area (Å²) in [6.45, 7) is 6.90. The number of hydrogen-bond acceptors (Lipinski definition) is 2. The number of esters is 1. The molecule has 0 aliphatic rings. The summed E-state index contributed by atoms with van der Waals surface area (Å²) in [5, 5.41) is 0. The molecule has 15 heavy (non-hydrogen) atoms. The standard InChI is InChI=1S/C13H24O2/c1-4-7-9-12(6-3)11-15-13(14)10-8-5-2/h8,10,12H,4-7,9,11H2,1-3H3. The number of carbonyl (C=O) groups is 1. The molecule has 88 valence electrons. The summed E-state index contributed by atoms with van der Waals surface area (Å²) in [7, 11) is 0. The summed E-state index contributed by atoms with van der Waals surface area (Å²) in [6, 6.07) is 0. The maximum atomic E-state index is 11.2. The van der Waals surface area contributed by atoms with E-state index in [2.05, 4.69) is 13.8 Å². The van der Waals surface area contributed by atoms with Gasteiger partial charge in [0.25, 0.3) is 0 Å². The van der Waals surface area contributed by atoms with Crippen LogP contribution in [0.5, 0.6) is 0 Å². The van der Waals surface area contributed by atoms with Crippen molar-refractivity contribution in [2.45, 2.75) is 52.9 Å². The van der Waals surface area contributed by atoms with Gasteiger partial charge in [0, 0.05) is 6.08 Å². The Kier molecular flexibility index (Phi) is 9.24. The monoisotopic (exact) mass is 212 g/mol. The fourth-order valence-electron chi connectivity index (χ4n) is 1.36. The Labute approximate surface area is 93.7 Å². The molecule has 0 rings (SSSR count). The van der Waals surface area contributed by atoms with Gasteiger partial charge in [-0.05, 0) is 18.8 Å². The van der Waals surface area contributed by atoms with Gasteiger partial charge in [-0.15, -0.1) is 0 Å². The lowest BCUT2D eigenvalue weighted by molar-refractivity contribution is -0.139. The molecular formula is C13H24O2. The third-order valence-electron chi connectivity index (χ3n) is 2.49. The third kappa shape index (κ3) is 8.22. The van der Waals surface area contributed by atoms with Gasteiger partial charge in [0.2, 0.25) is 0 Å². The number of ether oxygens (including phenoxy) is 1. The lowest BCUT2D eigenvalue weighted by Gasteiger charge is -2.13. The normalized spacial score (nSPS) is 13.0. The highest BCUT2D eigenvalue weighted by Crippen LogP contribution is 2.12. The van der Waals surface area contributed by atoms with Crippen LogP contribution in [0.1, 0.15) is 52.9 Å². The van der Waals surface area contributed by atoms with Crippen LogP contribution >= 0.6 is 0 Å². The van der Waals surface area contributed by atoms with E-state index in [4.69, 9.17) is 4.74 Å². The van der Waals surface area contributed by atoms with Gasteiger partial charge in [0.05, 0.1) is 6.61 Å². The zero-order valence-corrected chi connectivity index (χ0v) is 10.3. The highest BCUT2D eigenvalue weighted by molar-refractivity contribution is 5.81. The molecule has 0 aromatic rings. The average molecular weight is 212 g/mol. The van der Waals surface area contributed by atoms with E-state index in [9.17, 15) is 4.79 Å². The lowest BCUT2D eigenvalue weighted by atomic mass is 10.0. The van der Waals surface area contributed by atoms with Gasteiger partial charge in [0.1, 0.15) is 0 Å². The molecule has 2 nitrogen and oxygen atoms in total. The highest BCUT2D eigenvalue weighted by Gasteiger charge is 2.07. The van der Waals surface area contributed by atoms with E-state index in [0.29, 0.717) is 12.5 Å². The van der Waals surface area contributed by atoms with E-state index >= 15 is 0 Å². The van der Waals surface area contributed by atoms with E-state index in [1.165, 1.54) is 18.9 Å². The molecule has 2 heteroatoms. The zero-order chi connectivity index (χ0) is 11.5. The second-order valence-electron chi connectivity index (χ2n) is 3.86. The van der Waals surface area contributed by atoms with Crippen LogP contribution in [0.15, 0.2) is 12.2 Å². The molecule has 0 aromatic carbocycles. The van der Waals surface area contributed by atoms with E-state index < -0.39 is 0 Å². The molecule has 0 amide bonds. The SMILES string of the molecule is CCC=CC(=O)OCC(CC)CCCC. The first-order valence-electron chi connectivity index (χ1n) is 6.07. The minimum Gasteiger partial charge on any atom is -0.462 e. The van der Waals surface area contributed by atoms with Crippen molar-refractivity contribution in [3.05, 3.63) is 12.2 Å². The number of allylic oxidation sites excluding steroid dienone is 1. The van der Waals surface area contributed by atoms with Crippen molar-refractivity contribution in [3.8, 4) is 0 Å². The first kappa shape index (κ1) is 14.2. The summed E-state index contributed by atoms with van der Waals surface area (Å²) >= 11 is 0. The molecule has 0 N–H and O–H groups in total. The van der Waals surface area contributed by atoms with Crippen molar-refractivity contribution < 1.29 is 9.53 Å². The van der Waals surface area contributed by atoms with Crippen LogP contribution in [0.25, 0.3) is 0 Å². The molecule has 0 saturated carbocycles. The topological polar surface area (TPSA) is 26.3 Å². The number of unbranched alkanes of at least 4 members (excludes halogenated alkanes) is 1. The van der Waals surface area contributed by atoms with Gasteiger partial charge in [-0.2, -0.15) is 0 Å². The van der Waals surface area contributed by atoms with Gasteiger partial charge < -0.3 is 4.74 Å². The van der Waals surface area contributed by atoms with Crippen LogP contribution in [0, 0.1) is 5.92 Å². The molecule has 0 heterocycles. The molecular weight excluding hydrogens is 188 g/mol. The number of hydrogen-bond donors (Lipinski definition) is 0. The van der Waals surface area contributed by atoms with E-state index in [-0.39, 0.29) is 5.97 Å². The number of rotatable bonds is 8. The van der Waals surface area contributed by atoms with Crippen LogP contribution in [-0.2, 0) is 9.53 Å². The van der Waals surface area contributed by atoms with Crippen molar-refractivity contribution in [2.24, 2.45) is 5.92 Å². The molecule has 0 spiro atoms. The molecule has 1 unspecified atom stereocenters. The van der Waals surface area contributed by atoms with Crippen molar-refractivity contribution in [3.63, 3.8) is 0 Å². The predicted octanol–water partition coefficient (Wildman–Crippen LogP) is 3.71. The second-order valence-corrected chi connectivity index (χ2v) is 3.86. The van der Waals surface area contributed by atoms with Gasteiger partial charge in [0.15, 0.2) is 0 Å².